The Labute approximate surface area is 125 Å². The Kier molecular flexibility index (Phi) is 5.37. The molecule has 0 spiro atoms. The number of hydrogen-bond acceptors (Lipinski definition) is 3. The van der Waals surface area contributed by atoms with Crippen LogP contribution in [0.15, 0.2) is 27.6 Å². The van der Waals surface area contributed by atoms with E-state index in [1.165, 1.54) is 12.1 Å². The van der Waals surface area contributed by atoms with Crippen molar-refractivity contribution in [3.63, 3.8) is 0 Å². The lowest BCUT2D eigenvalue weighted by atomic mass is 10.1. The van der Waals surface area contributed by atoms with Crippen molar-refractivity contribution >= 4 is 43.5 Å². The first kappa shape index (κ1) is 16.4. The highest BCUT2D eigenvalue weighted by Crippen LogP contribution is 2.29. The SMILES string of the molecule is CC(C)[C@@H](NS(=O)(=O)c1c(Cl)cccc1Br)C(=O)O. The van der Waals surface area contributed by atoms with E-state index in [0.29, 0.717) is 0 Å². The Hall–Kier alpha value is -0.630. The van der Waals surface area contributed by atoms with Gasteiger partial charge < -0.3 is 5.11 Å². The van der Waals surface area contributed by atoms with E-state index in [2.05, 4.69) is 20.7 Å². The van der Waals surface area contributed by atoms with Crippen LogP contribution in [0.25, 0.3) is 0 Å². The first-order valence-corrected chi connectivity index (χ1v) is 8.01. The second-order valence-corrected chi connectivity index (χ2v) is 7.14. The molecule has 0 aliphatic heterocycles. The highest BCUT2D eigenvalue weighted by atomic mass is 79.9. The Bertz CT molecular complexity index is 568. The predicted octanol–water partition coefficient (Wildman–Crippen LogP) is 2.49. The van der Waals surface area contributed by atoms with Crippen LogP contribution in [0.4, 0.5) is 0 Å². The zero-order valence-corrected chi connectivity index (χ0v) is 13.4. The minimum Gasteiger partial charge on any atom is -0.480 e. The number of sulfonamides is 1. The van der Waals surface area contributed by atoms with Crippen LogP contribution >= 0.6 is 27.5 Å². The van der Waals surface area contributed by atoms with Crippen LogP contribution in [0.5, 0.6) is 0 Å². The Morgan fingerprint density at radius 1 is 1.42 bits per heavy atom. The van der Waals surface area contributed by atoms with E-state index in [-0.39, 0.29) is 14.4 Å². The summed E-state index contributed by atoms with van der Waals surface area (Å²) in [4.78, 5) is 10.9. The van der Waals surface area contributed by atoms with Crippen LogP contribution in [0, 0.1) is 5.92 Å². The molecule has 0 saturated carbocycles. The van der Waals surface area contributed by atoms with Gasteiger partial charge in [-0.15, -0.1) is 0 Å². The fourth-order valence-corrected chi connectivity index (χ4v) is 4.51. The highest BCUT2D eigenvalue weighted by Gasteiger charge is 2.30. The number of halogens is 2. The molecule has 106 valence electrons. The average molecular weight is 371 g/mol. The van der Waals surface area contributed by atoms with Crippen LogP contribution in [0.1, 0.15) is 13.8 Å². The molecule has 0 unspecified atom stereocenters. The van der Waals surface area contributed by atoms with Crippen molar-refractivity contribution in [3.8, 4) is 0 Å². The van der Waals surface area contributed by atoms with Crippen molar-refractivity contribution in [2.24, 2.45) is 5.92 Å². The average Bonchev–Trinajstić information content (AvgIpc) is 2.24. The lowest BCUT2D eigenvalue weighted by molar-refractivity contribution is -0.140. The van der Waals surface area contributed by atoms with Gasteiger partial charge in [0.05, 0.1) is 5.02 Å². The molecule has 1 aromatic rings. The van der Waals surface area contributed by atoms with Gasteiger partial charge in [0.15, 0.2) is 0 Å². The lowest BCUT2D eigenvalue weighted by Crippen LogP contribution is -2.44. The summed E-state index contributed by atoms with van der Waals surface area (Å²) in [6, 6.07) is 3.31. The lowest BCUT2D eigenvalue weighted by Gasteiger charge is -2.19. The molecular weight excluding hydrogens is 358 g/mol. The summed E-state index contributed by atoms with van der Waals surface area (Å²) in [6.45, 7) is 3.23. The summed E-state index contributed by atoms with van der Waals surface area (Å²) in [7, 11) is -4.02. The number of rotatable bonds is 5. The molecule has 0 heterocycles. The van der Waals surface area contributed by atoms with Crippen molar-refractivity contribution in [1.82, 2.24) is 4.72 Å². The van der Waals surface area contributed by atoms with E-state index in [0.717, 1.165) is 0 Å². The van der Waals surface area contributed by atoms with E-state index < -0.39 is 28.0 Å². The van der Waals surface area contributed by atoms with Gasteiger partial charge in [0, 0.05) is 4.47 Å². The van der Waals surface area contributed by atoms with Crippen LogP contribution in [0.2, 0.25) is 5.02 Å². The largest absolute Gasteiger partial charge is 0.480 e. The quantitative estimate of drug-likeness (QED) is 0.834. The van der Waals surface area contributed by atoms with Crippen LogP contribution in [0.3, 0.4) is 0 Å². The standard InChI is InChI=1S/C11H13BrClNO4S/c1-6(2)9(11(15)16)14-19(17,18)10-7(12)4-3-5-8(10)13/h3-6,9,14H,1-2H3,(H,15,16)/t9-/m1/s1. The molecule has 0 bridgehead atoms. The molecule has 0 aliphatic carbocycles. The number of carboxylic acid groups (broad SMARTS) is 1. The van der Waals surface area contributed by atoms with Crippen molar-refractivity contribution in [1.29, 1.82) is 0 Å². The predicted molar refractivity (Wildman–Crippen MR) is 75.7 cm³/mol. The summed E-state index contributed by atoms with van der Waals surface area (Å²) in [6.07, 6.45) is 0. The maximum Gasteiger partial charge on any atom is 0.322 e. The monoisotopic (exact) mass is 369 g/mol. The summed E-state index contributed by atoms with van der Waals surface area (Å²) in [5.74, 6) is -1.63. The van der Waals surface area contributed by atoms with E-state index in [1.807, 2.05) is 0 Å². The zero-order valence-electron chi connectivity index (χ0n) is 10.2. The normalized spacial score (nSPS) is 13.5. The zero-order chi connectivity index (χ0) is 14.8. The van der Waals surface area contributed by atoms with Crippen LogP contribution in [-0.2, 0) is 14.8 Å². The number of benzene rings is 1. The maximum absolute atomic E-state index is 12.2. The van der Waals surface area contributed by atoms with E-state index in [4.69, 9.17) is 16.7 Å². The topological polar surface area (TPSA) is 83.5 Å². The summed E-state index contributed by atoms with van der Waals surface area (Å²) >= 11 is 8.96. The molecule has 0 saturated heterocycles. The smallest absolute Gasteiger partial charge is 0.322 e. The summed E-state index contributed by atoms with van der Waals surface area (Å²) < 4.78 is 26.8. The molecule has 19 heavy (non-hydrogen) atoms. The minimum atomic E-state index is -4.02. The number of nitrogens with one attached hydrogen (secondary N) is 1. The van der Waals surface area contributed by atoms with Gasteiger partial charge in [0.1, 0.15) is 10.9 Å². The van der Waals surface area contributed by atoms with Crippen molar-refractivity contribution in [3.05, 3.63) is 27.7 Å². The summed E-state index contributed by atoms with van der Waals surface area (Å²) in [5, 5.41) is 9.04. The minimum absolute atomic E-state index is 0.0229. The Morgan fingerprint density at radius 2 is 2.00 bits per heavy atom. The fourth-order valence-electron chi connectivity index (χ4n) is 1.44. The Morgan fingerprint density at radius 3 is 2.42 bits per heavy atom. The molecule has 0 fully saturated rings. The molecule has 0 amide bonds. The molecular formula is C11H13BrClNO4S. The molecule has 1 atom stereocenters. The van der Waals surface area contributed by atoms with Gasteiger partial charge in [-0.05, 0) is 34.0 Å². The third-order valence-electron chi connectivity index (χ3n) is 2.40. The number of carboxylic acids is 1. The van der Waals surface area contributed by atoms with E-state index >= 15 is 0 Å². The number of carbonyl (C=O) groups is 1. The van der Waals surface area contributed by atoms with Crippen molar-refractivity contribution in [2.45, 2.75) is 24.8 Å². The molecule has 0 aromatic heterocycles. The van der Waals surface area contributed by atoms with Gasteiger partial charge in [-0.3, -0.25) is 4.79 Å². The highest BCUT2D eigenvalue weighted by molar-refractivity contribution is 9.10. The first-order chi connectivity index (χ1) is 8.66. The van der Waals surface area contributed by atoms with Gasteiger partial charge in [-0.2, -0.15) is 4.72 Å². The molecule has 2 N–H and O–H groups in total. The van der Waals surface area contributed by atoms with Crippen LogP contribution in [-0.4, -0.2) is 25.5 Å². The second-order valence-electron chi connectivity index (χ2n) is 4.23. The van der Waals surface area contributed by atoms with E-state index in [1.54, 1.807) is 19.9 Å². The van der Waals surface area contributed by atoms with Crippen molar-refractivity contribution < 1.29 is 18.3 Å². The number of aliphatic carboxylic acids is 1. The van der Waals surface area contributed by atoms with Gasteiger partial charge in [0.25, 0.3) is 0 Å². The summed E-state index contributed by atoms with van der Waals surface area (Å²) in [5.41, 5.74) is 0. The molecule has 0 radical (unpaired) electrons. The van der Waals surface area contributed by atoms with Gasteiger partial charge in [-0.25, -0.2) is 8.42 Å². The molecule has 1 rings (SSSR count). The second kappa shape index (κ2) is 6.21. The maximum atomic E-state index is 12.2. The van der Waals surface area contributed by atoms with E-state index in [9.17, 15) is 13.2 Å². The third kappa shape index (κ3) is 3.92. The molecule has 0 aliphatic rings. The molecule has 5 nitrogen and oxygen atoms in total. The van der Waals surface area contributed by atoms with Crippen LogP contribution < -0.4 is 4.72 Å². The van der Waals surface area contributed by atoms with Gasteiger partial charge in [-0.1, -0.05) is 31.5 Å². The van der Waals surface area contributed by atoms with Gasteiger partial charge in [0.2, 0.25) is 10.0 Å². The molecule has 1 aromatic carbocycles. The first-order valence-electron chi connectivity index (χ1n) is 5.36. The molecule has 8 heteroatoms. The third-order valence-corrected chi connectivity index (χ3v) is 5.29. The van der Waals surface area contributed by atoms with Crippen molar-refractivity contribution in [2.75, 3.05) is 0 Å². The Balaban J connectivity index is 3.22. The van der Waals surface area contributed by atoms with Gasteiger partial charge >= 0.3 is 5.97 Å². The fraction of sp³-hybridized carbons (Fsp3) is 0.364. The number of hydrogen-bond donors (Lipinski definition) is 2.